The maximum Gasteiger partial charge on any atom is 0.326 e. The lowest BCUT2D eigenvalue weighted by Gasteiger charge is -2.31. The Morgan fingerprint density at radius 3 is 2.11 bits per heavy atom. The quantitative estimate of drug-likeness (QED) is 0.723. The number of carbonyl (C=O) groups excluding carboxylic acids is 1. The van der Waals surface area contributed by atoms with Crippen molar-refractivity contribution in [1.29, 1.82) is 0 Å². The Kier molecular flexibility index (Phi) is 4.24. The molecule has 1 atom stereocenters. The number of hydrogen-bond donors (Lipinski definition) is 3. The van der Waals surface area contributed by atoms with E-state index in [-0.39, 0.29) is 11.6 Å². The number of carboxylic acid groups (broad SMARTS) is 1. The molecule has 3 N–H and O–H groups in total. The molecule has 0 heterocycles. The minimum absolute atomic E-state index is 0.189. The van der Waals surface area contributed by atoms with Gasteiger partial charge in [0.05, 0.1) is 0 Å². The summed E-state index contributed by atoms with van der Waals surface area (Å²) in [4.78, 5) is 23.0. The SMILES string of the molecule is CC1(NC(=O)N[C@@H](C(=O)O)C(C)(C)C)CCCC1. The Balaban J connectivity index is 2.60. The highest BCUT2D eigenvalue weighted by atomic mass is 16.4. The second-order valence-electron chi connectivity index (χ2n) is 6.50. The van der Waals surface area contributed by atoms with Crippen LogP contribution >= 0.6 is 0 Å². The van der Waals surface area contributed by atoms with Gasteiger partial charge in [0.2, 0.25) is 0 Å². The average Bonchev–Trinajstić information content (AvgIpc) is 2.59. The van der Waals surface area contributed by atoms with Gasteiger partial charge in [-0.25, -0.2) is 9.59 Å². The van der Waals surface area contributed by atoms with Crippen molar-refractivity contribution in [3.8, 4) is 0 Å². The maximum absolute atomic E-state index is 11.9. The van der Waals surface area contributed by atoms with E-state index in [0.29, 0.717) is 0 Å². The topological polar surface area (TPSA) is 78.4 Å². The summed E-state index contributed by atoms with van der Waals surface area (Å²) in [6.45, 7) is 7.39. The van der Waals surface area contributed by atoms with Crippen molar-refractivity contribution in [2.24, 2.45) is 5.41 Å². The molecule has 5 heteroatoms. The summed E-state index contributed by atoms with van der Waals surface area (Å²) in [5.41, 5.74) is -0.704. The lowest BCUT2D eigenvalue weighted by Crippen LogP contribution is -2.56. The van der Waals surface area contributed by atoms with E-state index in [4.69, 9.17) is 5.11 Å². The van der Waals surface area contributed by atoms with Crippen molar-refractivity contribution in [3.63, 3.8) is 0 Å². The molecule has 0 aromatic heterocycles. The Labute approximate surface area is 108 Å². The second kappa shape index (κ2) is 5.16. The molecule has 18 heavy (non-hydrogen) atoms. The first-order valence-corrected chi connectivity index (χ1v) is 6.45. The largest absolute Gasteiger partial charge is 0.480 e. The second-order valence-corrected chi connectivity index (χ2v) is 6.50. The number of amides is 2. The van der Waals surface area contributed by atoms with E-state index in [0.717, 1.165) is 25.7 Å². The van der Waals surface area contributed by atoms with Gasteiger partial charge in [0.1, 0.15) is 6.04 Å². The fourth-order valence-electron chi connectivity index (χ4n) is 2.37. The van der Waals surface area contributed by atoms with E-state index in [1.165, 1.54) is 0 Å². The lowest BCUT2D eigenvalue weighted by atomic mass is 9.87. The molecule has 1 fully saturated rings. The van der Waals surface area contributed by atoms with E-state index in [2.05, 4.69) is 10.6 Å². The predicted octanol–water partition coefficient (Wildman–Crippen LogP) is 2.12. The highest BCUT2D eigenvalue weighted by Gasteiger charge is 2.35. The normalized spacial score (nSPS) is 20.2. The zero-order valence-electron chi connectivity index (χ0n) is 11.7. The van der Waals surface area contributed by atoms with Crippen LogP contribution in [-0.2, 0) is 4.79 Å². The third-order valence-corrected chi connectivity index (χ3v) is 3.51. The fourth-order valence-corrected chi connectivity index (χ4v) is 2.37. The number of carboxylic acids is 1. The van der Waals surface area contributed by atoms with Crippen LogP contribution in [0.1, 0.15) is 53.4 Å². The van der Waals surface area contributed by atoms with Crippen molar-refractivity contribution in [3.05, 3.63) is 0 Å². The Morgan fingerprint density at radius 1 is 1.22 bits per heavy atom. The van der Waals surface area contributed by atoms with Gasteiger partial charge in [-0.1, -0.05) is 33.6 Å². The van der Waals surface area contributed by atoms with Crippen LogP contribution in [0, 0.1) is 5.41 Å². The summed E-state index contributed by atoms with van der Waals surface area (Å²) in [7, 11) is 0. The summed E-state index contributed by atoms with van der Waals surface area (Å²) in [5, 5.41) is 14.6. The molecule has 2 amide bonds. The molecule has 1 saturated carbocycles. The standard InChI is InChI=1S/C13H24N2O3/c1-12(2,3)9(10(16)17)14-11(18)15-13(4)7-5-6-8-13/h9H,5-8H2,1-4H3,(H,16,17)(H2,14,15,18)/t9-/m0/s1. The highest BCUT2D eigenvalue weighted by molar-refractivity contribution is 5.83. The lowest BCUT2D eigenvalue weighted by molar-refractivity contribution is -0.141. The van der Waals surface area contributed by atoms with Crippen molar-refractivity contribution in [1.82, 2.24) is 10.6 Å². The van der Waals surface area contributed by atoms with Crippen LogP contribution < -0.4 is 10.6 Å². The molecule has 0 unspecified atom stereocenters. The fraction of sp³-hybridized carbons (Fsp3) is 0.846. The number of carbonyl (C=O) groups is 2. The molecule has 0 aromatic carbocycles. The Hall–Kier alpha value is -1.26. The molecule has 0 spiro atoms. The van der Waals surface area contributed by atoms with E-state index < -0.39 is 17.4 Å². The number of hydrogen-bond acceptors (Lipinski definition) is 2. The van der Waals surface area contributed by atoms with Crippen LogP contribution in [0.25, 0.3) is 0 Å². The Morgan fingerprint density at radius 2 is 1.72 bits per heavy atom. The van der Waals surface area contributed by atoms with E-state index in [9.17, 15) is 9.59 Å². The molecule has 1 aliphatic carbocycles. The first-order chi connectivity index (χ1) is 8.14. The van der Waals surface area contributed by atoms with Crippen molar-refractivity contribution in [2.45, 2.75) is 65.0 Å². The van der Waals surface area contributed by atoms with Crippen LogP contribution in [0.5, 0.6) is 0 Å². The van der Waals surface area contributed by atoms with Gasteiger partial charge in [0, 0.05) is 5.54 Å². The average molecular weight is 256 g/mol. The summed E-state index contributed by atoms with van der Waals surface area (Å²) in [5.74, 6) is -1.01. The predicted molar refractivity (Wildman–Crippen MR) is 69.4 cm³/mol. The zero-order valence-corrected chi connectivity index (χ0v) is 11.7. The molecule has 0 aliphatic heterocycles. The monoisotopic (exact) mass is 256 g/mol. The van der Waals surface area contributed by atoms with Gasteiger partial charge in [0.25, 0.3) is 0 Å². The first kappa shape index (κ1) is 14.8. The van der Waals surface area contributed by atoms with E-state index >= 15 is 0 Å². The first-order valence-electron chi connectivity index (χ1n) is 6.45. The molecule has 104 valence electrons. The van der Waals surface area contributed by atoms with Gasteiger partial charge >= 0.3 is 12.0 Å². The molecule has 0 saturated heterocycles. The van der Waals surface area contributed by atoms with Crippen LogP contribution in [0.15, 0.2) is 0 Å². The van der Waals surface area contributed by atoms with E-state index in [1.54, 1.807) is 20.8 Å². The molecular formula is C13H24N2O3. The number of rotatable bonds is 3. The molecule has 0 radical (unpaired) electrons. The van der Waals surface area contributed by atoms with Gasteiger partial charge in [-0.15, -0.1) is 0 Å². The summed E-state index contributed by atoms with van der Waals surface area (Å²) < 4.78 is 0. The van der Waals surface area contributed by atoms with Gasteiger partial charge < -0.3 is 15.7 Å². The van der Waals surface area contributed by atoms with Crippen LogP contribution in [0.3, 0.4) is 0 Å². The summed E-state index contributed by atoms with van der Waals surface area (Å²) in [6, 6.07) is -1.27. The summed E-state index contributed by atoms with van der Waals surface area (Å²) in [6.07, 6.45) is 4.12. The highest BCUT2D eigenvalue weighted by Crippen LogP contribution is 2.28. The van der Waals surface area contributed by atoms with Gasteiger partial charge in [0.15, 0.2) is 0 Å². The molecule has 0 aromatic rings. The molecule has 0 bridgehead atoms. The molecular weight excluding hydrogens is 232 g/mol. The minimum atomic E-state index is -1.01. The van der Waals surface area contributed by atoms with Gasteiger partial charge in [-0.05, 0) is 25.2 Å². The van der Waals surface area contributed by atoms with Crippen molar-refractivity contribution in [2.75, 3.05) is 0 Å². The summed E-state index contributed by atoms with van der Waals surface area (Å²) >= 11 is 0. The van der Waals surface area contributed by atoms with Gasteiger partial charge in [-0.3, -0.25) is 0 Å². The maximum atomic E-state index is 11.9. The van der Waals surface area contributed by atoms with E-state index in [1.807, 2.05) is 6.92 Å². The number of aliphatic carboxylic acids is 1. The molecule has 5 nitrogen and oxygen atoms in total. The zero-order chi connectivity index (χ0) is 14.0. The van der Waals surface area contributed by atoms with Gasteiger partial charge in [-0.2, -0.15) is 0 Å². The third-order valence-electron chi connectivity index (χ3n) is 3.51. The molecule has 1 rings (SSSR count). The third kappa shape index (κ3) is 3.89. The molecule has 1 aliphatic rings. The number of urea groups is 1. The minimum Gasteiger partial charge on any atom is -0.480 e. The van der Waals surface area contributed by atoms with Crippen LogP contribution in [0.2, 0.25) is 0 Å². The smallest absolute Gasteiger partial charge is 0.326 e. The number of nitrogens with one attached hydrogen (secondary N) is 2. The van der Waals surface area contributed by atoms with Crippen molar-refractivity contribution >= 4 is 12.0 Å². The van der Waals surface area contributed by atoms with Crippen molar-refractivity contribution < 1.29 is 14.7 Å². The Bertz CT molecular complexity index is 328. The van der Waals surface area contributed by atoms with Crippen LogP contribution in [0.4, 0.5) is 4.79 Å². The van der Waals surface area contributed by atoms with Crippen LogP contribution in [-0.4, -0.2) is 28.7 Å².